The van der Waals surface area contributed by atoms with Gasteiger partial charge in [0.25, 0.3) is 0 Å². The summed E-state index contributed by atoms with van der Waals surface area (Å²) in [5.41, 5.74) is -1.25. The molecule has 0 aromatic heterocycles. The van der Waals surface area contributed by atoms with Gasteiger partial charge in [-0.15, -0.1) is 0 Å². The Morgan fingerprint density at radius 1 is 1.12 bits per heavy atom. The van der Waals surface area contributed by atoms with Crippen LogP contribution in [-0.4, -0.2) is 23.0 Å². The quantitative estimate of drug-likeness (QED) is 0.722. The zero-order valence-corrected chi connectivity index (χ0v) is 10.5. The second-order valence-corrected chi connectivity index (χ2v) is 6.51. The first-order valence-corrected chi connectivity index (χ1v) is 5.57. The topological polar surface area (TPSA) is 66.4 Å². The van der Waals surface area contributed by atoms with Crippen molar-refractivity contribution in [2.45, 2.75) is 52.5 Å². The smallest absolute Gasteiger partial charge is 0.329 e. The normalized spacial score (nSPS) is 25.8. The van der Waals surface area contributed by atoms with Crippen LogP contribution in [0, 0.1) is 10.8 Å². The van der Waals surface area contributed by atoms with Gasteiger partial charge in [-0.25, -0.2) is 4.79 Å². The summed E-state index contributed by atoms with van der Waals surface area (Å²) in [5, 5.41) is 11.9. The van der Waals surface area contributed by atoms with Gasteiger partial charge in [0.2, 0.25) is 6.41 Å². The first kappa shape index (κ1) is 13.0. The van der Waals surface area contributed by atoms with Gasteiger partial charge in [0.05, 0.1) is 0 Å². The van der Waals surface area contributed by atoms with Gasteiger partial charge in [0.1, 0.15) is 5.54 Å². The van der Waals surface area contributed by atoms with Crippen LogP contribution in [0.25, 0.3) is 0 Å². The summed E-state index contributed by atoms with van der Waals surface area (Å²) < 4.78 is 0. The molecule has 1 saturated carbocycles. The van der Waals surface area contributed by atoms with Crippen molar-refractivity contribution in [2.24, 2.45) is 10.8 Å². The summed E-state index contributed by atoms with van der Waals surface area (Å²) in [6.45, 7) is 8.21. The third-order valence-corrected chi connectivity index (χ3v) is 3.26. The standard InChI is InChI=1S/C12H21NO3/c1-10(2)5-11(3,4)7-12(6-10,9(15)16)13-8-14/h8H,5-7H2,1-4H3,(H,13,14)(H,15,16). The number of aliphatic carboxylic acids is 1. The molecule has 0 heterocycles. The van der Waals surface area contributed by atoms with Crippen LogP contribution in [0.5, 0.6) is 0 Å². The van der Waals surface area contributed by atoms with Crippen LogP contribution in [0.1, 0.15) is 47.0 Å². The van der Waals surface area contributed by atoms with E-state index in [1.54, 1.807) is 0 Å². The molecular formula is C12H21NO3. The Balaban J connectivity index is 3.09. The number of nitrogens with one attached hydrogen (secondary N) is 1. The Hall–Kier alpha value is -1.06. The number of carbonyl (C=O) groups is 2. The molecule has 0 aliphatic heterocycles. The van der Waals surface area contributed by atoms with Gasteiger partial charge in [0, 0.05) is 0 Å². The van der Waals surface area contributed by atoms with Gasteiger partial charge in [-0.2, -0.15) is 0 Å². The Morgan fingerprint density at radius 2 is 1.56 bits per heavy atom. The maximum atomic E-state index is 11.4. The molecule has 0 aromatic carbocycles. The molecule has 1 aliphatic carbocycles. The summed E-state index contributed by atoms with van der Waals surface area (Å²) in [7, 11) is 0. The summed E-state index contributed by atoms with van der Waals surface area (Å²) in [5.74, 6) is -0.930. The van der Waals surface area contributed by atoms with Crippen molar-refractivity contribution in [1.82, 2.24) is 5.32 Å². The van der Waals surface area contributed by atoms with Gasteiger partial charge in [-0.3, -0.25) is 4.79 Å². The molecular weight excluding hydrogens is 206 g/mol. The lowest BCUT2D eigenvalue weighted by atomic mass is 9.58. The molecule has 0 bridgehead atoms. The molecule has 92 valence electrons. The molecule has 0 aromatic rings. The molecule has 1 aliphatic rings. The minimum atomic E-state index is -1.10. The molecule has 0 spiro atoms. The van der Waals surface area contributed by atoms with Crippen LogP contribution in [0.4, 0.5) is 0 Å². The first-order chi connectivity index (χ1) is 7.13. The Labute approximate surface area is 96.4 Å². The lowest BCUT2D eigenvalue weighted by molar-refractivity contribution is -0.152. The molecule has 16 heavy (non-hydrogen) atoms. The van der Waals surface area contributed by atoms with E-state index in [-0.39, 0.29) is 10.8 Å². The van der Waals surface area contributed by atoms with E-state index in [9.17, 15) is 14.7 Å². The SMILES string of the molecule is CC1(C)CC(C)(C)CC(NC=O)(C(=O)O)C1. The molecule has 2 N–H and O–H groups in total. The number of hydrogen-bond donors (Lipinski definition) is 2. The minimum Gasteiger partial charge on any atom is -0.480 e. The molecule has 1 amide bonds. The Morgan fingerprint density at radius 3 is 1.88 bits per heavy atom. The first-order valence-electron chi connectivity index (χ1n) is 5.57. The highest BCUT2D eigenvalue weighted by Gasteiger charge is 2.51. The molecule has 1 fully saturated rings. The number of amides is 1. The molecule has 4 nitrogen and oxygen atoms in total. The van der Waals surface area contributed by atoms with E-state index >= 15 is 0 Å². The number of carboxylic acid groups (broad SMARTS) is 1. The number of rotatable bonds is 3. The van der Waals surface area contributed by atoms with Crippen LogP contribution in [0.3, 0.4) is 0 Å². The fourth-order valence-electron chi connectivity index (χ4n) is 3.54. The minimum absolute atomic E-state index is 0.0733. The fourth-order valence-corrected chi connectivity index (χ4v) is 3.54. The van der Waals surface area contributed by atoms with Crippen LogP contribution in [0.15, 0.2) is 0 Å². The van der Waals surface area contributed by atoms with E-state index in [0.717, 1.165) is 6.42 Å². The van der Waals surface area contributed by atoms with E-state index in [4.69, 9.17) is 0 Å². The summed E-state index contributed by atoms with van der Waals surface area (Å²) in [4.78, 5) is 22.1. The second kappa shape index (κ2) is 3.75. The van der Waals surface area contributed by atoms with E-state index < -0.39 is 11.5 Å². The number of carbonyl (C=O) groups excluding carboxylic acids is 1. The van der Waals surface area contributed by atoms with Gasteiger partial charge < -0.3 is 10.4 Å². The van der Waals surface area contributed by atoms with Crippen LogP contribution in [-0.2, 0) is 9.59 Å². The van der Waals surface area contributed by atoms with Crippen molar-refractivity contribution in [3.63, 3.8) is 0 Å². The average molecular weight is 227 g/mol. The summed E-state index contributed by atoms with van der Waals surface area (Å²) in [6, 6.07) is 0. The highest BCUT2D eigenvalue weighted by molar-refractivity contribution is 5.81. The number of hydrogen-bond acceptors (Lipinski definition) is 2. The predicted octanol–water partition coefficient (Wildman–Crippen LogP) is 1.79. The van der Waals surface area contributed by atoms with Crippen LogP contribution >= 0.6 is 0 Å². The van der Waals surface area contributed by atoms with Crippen molar-refractivity contribution in [1.29, 1.82) is 0 Å². The average Bonchev–Trinajstić information content (AvgIpc) is 1.97. The van der Waals surface area contributed by atoms with E-state index in [1.807, 2.05) is 0 Å². The van der Waals surface area contributed by atoms with Gasteiger partial charge in [0.15, 0.2) is 0 Å². The van der Waals surface area contributed by atoms with Crippen molar-refractivity contribution < 1.29 is 14.7 Å². The Kier molecular flexibility index (Phi) is 3.05. The molecule has 0 saturated heterocycles. The third-order valence-electron chi connectivity index (χ3n) is 3.26. The third kappa shape index (κ3) is 2.54. The van der Waals surface area contributed by atoms with Crippen LogP contribution in [0.2, 0.25) is 0 Å². The zero-order chi connectivity index (χ0) is 12.6. The van der Waals surface area contributed by atoms with E-state index in [1.165, 1.54) is 0 Å². The lowest BCUT2D eigenvalue weighted by Gasteiger charge is -2.49. The highest BCUT2D eigenvalue weighted by Crippen LogP contribution is 2.50. The molecule has 1 rings (SSSR count). The fraction of sp³-hybridized carbons (Fsp3) is 0.833. The molecule has 0 radical (unpaired) electrons. The zero-order valence-electron chi connectivity index (χ0n) is 10.5. The van der Waals surface area contributed by atoms with E-state index in [2.05, 4.69) is 33.0 Å². The molecule has 0 unspecified atom stereocenters. The van der Waals surface area contributed by atoms with Crippen molar-refractivity contribution >= 4 is 12.4 Å². The summed E-state index contributed by atoms with van der Waals surface area (Å²) >= 11 is 0. The molecule has 4 heteroatoms. The molecule has 0 atom stereocenters. The lowest BCUT2D eigenvalue weighted by Crippen LogP contribution is -2.59. The monoisotopic (exact) mass is 227 g/mol. The largest absolute Gasteiger partial charge is 0.480 e. The van der Waals surface area contributed by atoms with Gasteiger partial charge in [-0.1, -0.05) is 27.7 Å². The predicted molar refractivity (Wildman–Crippen MR) is 61.0 cm³/mol. The maximum absolute atomic E-state index is 11.4. The van der Waals surface area contributed by atoms with Gasteiger partial charge >= 0.3 is 5.97 Å². The van der Waals surface area contributed by atoms with Crippen molar-refractivity contribution in [3.8, 4) is 0 Å². The number of carboxylic acids is 1. The maximum Gasteiger partial charge on any atom is 0.329 e. The second-order valence-electron chi connectivity index (χ2n) is 6.51. The van der Waals surface area contributed by atoms with Crippen molar-refractivity contribution in [3.05, 3.63) is 0 Å². The van der Waals surface area contributed by atoms with E-state index in [0.29, 0.717) is 19.3 Å². The Bertz CT molecular complexity index is 291. The van der Waals surface area contributed by atoms with Crippen molar-refractivity contribution in [2.75, 3.05) is 0 Å². The van der Waals surface area contributed by atoms with Gasteiger partial charge in [-0.05, 0) is 30.1 Å². The summed E-state index contributed by atoms with van der Waals surface area (Å²) in [6.07, 6.45) is 2.44. The van der Waals surface area contributed by atoms with Crippen LogP contribution < -0.4 is 5.32 Å². The highest BCUT2D eigenvalue weighted by atomic mass is 16.4.